The SMILES string of the molecule is CCCOc1ccc(OCCSCCN2C(=O)NC(C)(C)C2=O)cc1. The van der Waals surface area contributed by atoms with Gasteiger partial charge in [-0.05, 0) is 44.5 Å². The Morgan fingerprint density at radius 1 is 1.04 bits per heavy atom. The fourth-order valence-corrected chi connectivity index (χ4v) is 3.07. The predicted molar refractivity (Wildman–Crippen MR) is 99.4 cm³/mol. The Morgan fingerprint density at radius 2 is 1.64 bits per heavy atom. The fraction of sp³-hybridized carbons (Fsp3) is 0.556. The van der Waals surface area contributed by atoms with Gasteiger partial charge in [0.2, 0.25) is 0 Å². The number of ether oxygens (including phenoxy) is 2. The number of hydrogen-bond donors (Lipinski definition) is 1. The van der Waals surface area contributed by atoms with Gasteiger partial charge in [0, 0.05) is 18.1 Å². The van der Waals surface area contributed by atoms with Gasteiger partial charge in [-0.15, -0.1) is 0 Å². The molecule has 0 spiro atoms. The van der Waals surface area contributed by atoms with Gasteiger partial charge in [-0.1, -0.05) is 6.92 Å². The Kier molecular flexibility index (Phi) is 6.99. The second-order valence-corrected chi connectivity index (χ2v) is 7.52. The minimum atomic E-state index is -0.794. The second-order valence-electron chi connectivity index (χ2n) is 6.29. The Bertz CT molecular complexity index is 589. The number of rotatable bonds is 10. The molecule has 0 atom stereocenters. The smallest absolute Gasteiger partial charge is 0.325 e. The minimum absolute atomic E-state index is 0.167. The molecule has 0 aromatic heterocycles. The average molecular weight is 366 g/mol. The van der Waals surface area contributed by atoms with Gasteiger partial charge < -0.3 is 14.8 Å². The summed E-state index contributed by atoms with van der Waals surface area (Å²) in [7, 11) is 0. The number of amides is 3. The van der Waals surface area contributed by atoms with Gasteiger partial charge in [0.15, 0.2) is 0 Å². The highest BCUT2D eigenvalue weighted by molar-refractivity contribution is 7.99. The first-order chi connectivity index (χ1) is 11.9. The molecule has 25 heavy (non-hydrogen) atoms. The molecule has 0 saturated carbocycles. The number of thioether (sulfide) groups is 1. The van der Waals surface area contributed by atoms with E-state index in [9.17, 15) is 9.59 Å². The van der Waals surface area contributed by atoms with E-state index < -0.39 is 5.54 Å². The molecular weight excluding hydrogens is 340 g/mol. The lowest BCUT2D eigenvalue weighted by Crippen LogP contribution is -2.40. The summed E-state index contributed by atoms with van der Waals surface area (Å²) in [6.07, 6.45) is 0.984. The topological polar surface area (TPSA) is 67.9 Å². The van der Waals surface area contributed by atoms with Crippen LogP contribution in [0.3, 0.4) is 0 Å². The second kappa shape index (κ2) is 8.99. The lowest BCUT2D eigenvalue weighted by Gasteiger charge is -2.15. The zero-order chi connectivity index (χ0) is 18.3. The zero-order valence-electron chi connectivity index (χ0n) is 15.0. The zero-order valence-corrected chi connectivity index (χ0v) is 15.9. The lowest BCUT2D eigenvalue weighted by atomic mass is 10.1. The third kappa shape index (κ3) is 5.56. The van der Waals surface area contributed by atoms with Crippen molar-refractivity contribution in [1.29, 1.82) is 0 Å². The van der Waals surface area contributed by atoms with E-state index in [1.165, 1.54) is 4.90 Å². The largest absolute Gasteiger partial charge is 0.494 e. The molecule has 3 amide bonds. The summed E-state index contributed by atoms with van der Waals surface area (Å²) in [5.74, 6) is 2.98. The number of hydrogen-bond acceptors (Lipinski definition) is 5. The third-order valence-corrected chi connectivity index (χ3v) is 4.62. The summed E-state index contributed by atoms with van der Waals surface area (Å²) in [6, 6.07) is 7.28. The summed E-state index contributed by atoms with van der Waals surface area (Å²) in [5, 5.41) is 2.68. The summed E-state index contributed by atoms with van der Waals surface area (Å²) in [6.45, 7) is 7.21. The highest BCUT2D eigenvalue weighted by Crippen LogP contribution is 2.19. The molecule has 1 saturated heterocycles. The summed E-state index contributed by atoms with van der Waals surface area (Å²) < 4.78 is 11.2. The monoisotopic (exact) mass is 366 g/mol. The van der Waals surface area contributed by atoms with Gasteiger partial charge in [0.05, 0.1) is 13.2 Å². The van der Waals surface area contributed by atoms with Crippen LogP contribution in [0.5, 0.6) is 11.5 Å². The number of urea groups is 1. The lowest BCUT2D eigenvalue weighted by molar-refractivity contribution is -0.130. The van der Waals surface area contributed by atoms with Gasteiger partial charge in [-0.2, -0.15) is 11.8 Å². The van der Waals surface area contributed by atoms with Crippen molar-refractivity contribution in [3.63, 3.8) is 0 Å². The van der Waals surface area contributed by atoms with Gasteiger partial charge >= 0.3 is 6.03 Å². The van der Waals surface area contributed by atoms with Crippen molar-refractivity contribution in [3.8, 4) is 11.5 Å². The summed E-state index contributed by atoms with van der Waals surface area (Å²) in [4.78, 5) is 25.1. The number of imide groups is 1. The van der Waals surface area contributed by atoms with Crippen molar-refractivity contribution >= 4 is 23.7 Å². The van der Waals surface area contributed by atoms with Crippen LogP contribution < -0.4 is 14.8 Å². The van der Waals surface area contributed by atoms with Gasteiger partial charge in [-0.25, -0.2) is 4.79 Å². The van der Waals surface area contributed by atoms with Crippen LogP contribution in [0, 0.1) is 0 Å². The molecule has 1 aromatic rings. The maximum Gasteiger partial charge on any atom is 0.325 e. The maximum atomic E-state index is 12.0. The molecule has 138 valence electrons. The summed E-state index contributed by atoms with van der Waals surface area (Å²) in [5.41, 5.74) is -0.794. The van der Waals surface area contributed by atoms with Crippen LogP contribution in [-0.2, 0) is 4.79 Å². The first kappa shape index (κ1) is 19.4. The van der Waals surface area contributed by atoms with Crippen molar-refractivity contribution in [3.05, 3.63) is 24.3 Å². The van der Waals surface area contributed by atoms with Crippen LogP contribution in [0.15, 0.2) is 24.3 Å². The Hall–Kier alpha value is -1.89. The molecule has 1 fully saturated rings. The summed E-state index contributed by atoms with van der Waals surface area (Å²) >= 11 is 1.65. The number of nitrogens with zero attached hydrogens (tertiary/aromatic N) is 1. The molecule has 2 rings (SSSR count). The Balaban J connectivity index is 1.61. The molecule has 0 aliphatic carbocycles. The van der Waals surface area contributed by atoms with Gasteiger partial charge in [0.1, 0.15) is 17.0 Å². The number of carbonyl (C=O) groups excluding carboxylic acids is 2. The van der Waals surface area contributed by atoms with Crippen LogP contribution in [0.1, 0.15) is 27.2 Å². The highest BCUT2D eigenvalue weighted by Gasteiger charge is 2.43. The molecule has 1 N–H and O–H groups in total. The predicted octanol–water partition coefficient (Wildman–Crippen LogP) is 2.92. The normalized spacial score (nSPS) is 16.0. The van der Waals surface area contributed by atoms with Gasteiger partial charge in [-0.3, -0.25) is 9.69 Å². The minimum Gasteiger partial charge on any atom is -0.494 e. The van der Waals surface area contributed by atoms with Crippen molar-refractivity contribution < 1.29 is 19.1 Å². The van der Waals surface area contributed by atoms with E-state index in [0.717, 1.165) is 23.7 Å². The van der Waals surface area contributed by atoms with Crippen molar-refractivity contribution in [1.82, 2.24) is 10.2 Å². The van der Waals surface area contributed by atoms with Crippen LogP contribution in [0.25, 0.3) is 0 Å². The van der Waals surface area contributed by atoms with E-state index in [4.69, 9.17) is 9.47 Å². The molecule has 1 aromatic carbocycles. The molecule has 1 heterocycles. The Morgan fingerprint density at radius 3 is 2.16 bits per heavy atom. The number of benzene rings is 1. The van der Waals surface area contributed by atoms with Crippen molar-refractivity contribution in [2.24, 2.45) is 0 Å². The molecule has 6 nitrogen and oxygen atoms in total. The number of carbonyl (C=O) groups is 2. The highest BCUT2D eigenvalue weighted by atomic mass is 32.2. The molecule has 0 bridgehead atoms. The maximum absolute atomic E-state index is 12.0. The van der Waals surface area contributed by atoms with Crippen LogP contribution in [-0.4, -0.2) is 53.6 Å². The van der Waals surface area contributed by atoms with Crippen molar-refractivity contribution in [2.45, 2.75) is 32.7 Å². The van der Waals surface area contributed by atoms with Crippen LogP contribution in [0.2, 0.25) is 0 Å². The number of nitrogens with one attached hydrogen (secondary N) is 1. The average Bonchev–Trinajstić information content (AvgIpc) is 2.78. The molecule has 7 heteroatoms. The van der Waals surface area contributed by atoms with E-state index in [1.54, 1.807) is 25.6 Å². The molecule has 1 aliphatic heterocycles. The van der Waals surface area contributed by atoms with E-state index in [0.29, 0.717) is 25.5 Å². The molecule has 0 unspecified atom stereocenters. The van der Waals surface area contributed by atoms with Gasteiger partial charge in [0.25, 0.3) is 5.91 Å². The third-order valence-electron chi connectivity index (χ3n) is 3.70. The Labute approximate surface area is 153 Å². The van der Waals surface area contributed by atoms with E-state index in [1.807, 2.05) is 24.3 Å². The first-order valence-electron chi connectivity index (χ1n) is 8.51. The molecule has 1 aliphatic rings. The van der Waals surface area contributed by atoms with Crippen molar-refractivity contribution in [2.75, 3.05) is 31.3 Å². The standard InChI is InChI=1S/C18H26N2O4S/c1-4-10-23-14-5-7-15(8-6-14)24-11-13-25-12-9-20-16(21)18(2,3)19-17(20)22/h5-8H,4,9-13H2,1-3H3,(H,19,22). The van der Waals surface area contributed by atoms with Crippen LogP contribution >= 0.6 is 11.8 Å². The van der Waals surface area contributed by atoms with E-state index in [2.05, 4.69) is 12.2 Å². The molecular formula is C18H26N2O4S. The first-order valence-corrected chi connectivity index (χ1v) is 9.67. The van der Waals surface area contributed by atoms with Crippen LogP contribution in [0.4, 0.5) is 4.79 Å². The van der Waals surface area contributed by atoms with E-state index in [-0.39, 0.29) is 11.9 Å². The van der Waals surface area contributed by atoms with E-state index >= 15 is 0 Å². The fourth-order valence-electron chi connectivity index (χ4n) is 2.35. The quantitative estimate of drug-likeness (QED) is 0.509. The molecule has 0 radical (unpaired) electrons.